The summed E-state index contributed by atoms with van der Waals surface area (Å²) in [5.74, 6) is 1.97. The molecule has 2 aromatic rings. The van der Waals surface area contributed by atoms with Crippen LogP contribution in [0, 0.1) is 6.92 Å². The number of rotatable bonds is 2. The molecule has 0 unspecified atom stereocenters. The average molecular weight is 275 g/mol. The van der Waals surface area contributed by atoms with Gasteiger partial charge in [0.1, 0.15) is 4.38 Å². The molecule has 0 bridgehead atoms. The number of thioether (sulfide) groups is 2. The van der Waals surface area contributed by atoms with Crippen molar-refractivity contribution in [2.45, 2.75) is 12.7 Å². The molecule has 0 amide bonds. The van der Waals surface area contributed by atoms with Crippen molar-refractivity contribution >= 4 is 38.9 Å². The van der Waals surface area contributed by atoms with Crippen molar-refractivity contribution < 1.29 is 0 Å². The Morgan fingerprint density at radius 1 is 1.22 bits per heavy atom. The summed E-state index contributed by atoms with van der Waals surface area (Å²) in [7, 11) is 0. The Bertz CT molecular complexity index is 610. The first-order chi connectivity index (χ1) is 8.83. The summed E-state index contributed by atoms with van der Waals surface area (Å²) in [6.07, 6.45) is 0. The highest BCUT2D eigenvalue weighted by Crippen LogP contribution is 2.26. The number of aromatic nitrogens is 2. The maximum atomic E-state index is 4.69. The molecule has 0 atom stereocenters. The zero-order chi connectivity index (χ0) is 12.4. The molecule has 3 rings (SSSR count). The number of aryl methyl sites for hydroxylation is 1. The van der Waals surface area contributed by atoms with E-state index in [-0.39, 0.29) is 0 Å². The zero-order valence-electron chi connectivity index (χ0n) is 10.1. The molecule has 1 aliphatic heterocycles. The van der Waals surface area contributed by atoms with E-state index in [4.69, 9.17) is 0 Å². The van der Waals surface area contributed by atoms with E-state index in [0.717, 1.165) is 40.5 Å². The van der Waals surface area contributed by atoms with E-state index in [1.54, 1.807) is 11.8 Å². The molecule has 1 aromatic carbocycles. The van der Waals surface area contributed by atoms with Gasteiger partial charge in [-0.3, -0.25) is 4.99 Å². The third-order valence-corrected chi connectivity index (χ3v) is 5.00. The van der Waals surface area contributed by atoms with E-state index in [1.807, 2.05) is 43.0 Å². The quantitative estimate of drug-likeness (QED) is 0.843. The molecule has 0 aliphatic carbocycles. The van der Waals surface area contributed by atoms with Gasteiger partial charge >= 0.3 is 0 Å². The number of hydrogen-bond donors (Lipinski definition) is 0. The van der Waals surface area contributed by atoms with Crippen molar-refractivity contribution in [2.24, 2.45) is 4.99 Å². The Morgan fingerprint density at radius 3 is 2.72 bits per heavy atom. The third-order valence-electron chi connectivity index (χ3n) is 2.73. The fourth-order valence-electron chi connectivity index (χ4n) is 1.79. The van der Waals surface area contributed by atoms with Crippen LogP contribution in [-0.4, -0.2) is 26.6 Å². The molecular formula is C13H13N3S2. The van der Waals surface area contributed by atoms with E-state index >= 15 is 0 Å². The highest BCUT2D eigenvalue weighted by atomic mass is 32.2. The second-order valence-electron chi connectivity index (χ2n) is 4.03. The lowest BCUT2D eigenvalue weighted by atomic mass is 10.2. The number of hydrogen-bond acceptors (Lipinski definition) is 5. The van der Waals surface area contributed by atoms with Crippen LogP contribution in [0.15, 0.2) is 29.3 Å². The molecule has 18 heavy (non-hydrogen) atoms. The molecule has 1 aliphatic rings. The molecule has 3 nitrogen and oxygen atoms in total. The Labute approximate surface area is 115 Å². The van der Waals surface area contributed by atoms with Gasteiger partial charge in [-0.05, 0) is 19.1 Å². The lowest BCUT2D eigenvalue weighted by Gasteiger charge is -2.06. The summed E-state index contributed by atoms with van der Waals surface area (Å²) < 4.78 is 1.18. The van der Waals surface area contributed by atoms with Crippen molar-refractivity contribution in [3.8, 4) is 0 Å². The van der Waals surface area contributed by atoms with Crippen LogP contribution < -0.4 is 0 Å². The highest BCUT2D eigenvalue weighted by molar-refractivity contribution is 8.38. The largest absolute Gasteiger partial charge is 0.271 e. The molecule has 0 spiro atoms. The second-order valence-corrected chi connectivity index (χ2v) is 6.34. The highest BCUT2D eigenvalue weighted by Gasteiger charge is 2.10. The van der Waals surface area contributed by atoms with E-state index in [0.29, 0.717) is 0 Å². The summed E-state index contributed by atoms with van der Waals surface area (Å²) in [5, 5.41) is 0. The Hall–Kier alpha value is -1.07. The molecule has 0 saturated heterocycles. The van der Waals surface area contributed by atoms with Crippen LogP contribution in [0.3, 0.4) is 0 Å². The lowest BCUT2D eigenvalue weighted by Crippen LogP contribution is -1.97. The Morgan fingerprint density at radius 2 is 2.00 bits per heavy atom. The van der Waals surface area contributed by atoms with E-state index in [2.05, 4.69) is 15.0 Å². The zero-order valence-corrected chi connectivity index (χ0v) is 11.7. The van der Waals surface area contributed by atoms with Gasteiger partial charge in [-0.15, -0.1) is 0 Å². The first-order valence-corrected chi connectivity index (χ1v) is 7.82. The van der Waals surface area contributed by atoms with Crippen LogP contribution in [0.4, 0.5) is 0 Å². The van der Waals surface area contributed by atoms with Gasteiger partial charge in [0.25, 0.3) is 0 Å². The minimum Gasteiger partial charge on any atom is -0.271 e. The average Bonchev–Trinajstić information content (AvgIpc) is 2.89. The lowest BCUT2D eigenvalue weighted by molar-refractivity contribution is 1.09. The molecular weight excluding hydrogens is 262 g/mol. The SMILES string of the molecule is Cc1nc2ccccc2nc1CSC1=NCCS1. The summed E-state index contributed by atoms with van der Waals surface area (Å²) in [6, 6.07) is 8.01. The maximum Gasteiger partial charge on any atom is 0.125 e. The van der Waals surface area contributed by atoms with Crippen LogP contribution in [0.2, 0.25) is 0 Å². The van der Waals surface area contributed by atoms with Crippen molar-refractivity contribution in [1.82, 2.24) is 9.97 Å². The predicted molar refractivity (Wildman–Crippen MR) is 80.3 cm³/mol. The van der Waals surface area contributed by atoms with Crippen LogP contribution in [0.25, 0.3) is 11.0 Å². The molecule has 0 fully saturated rings. The molecule has 2 heterocycles. The van der Waals surface area contributed by atoms with Crippen molar-refractivity contribution in [1.29, 1.82) is 0 Å². The standard InChI is InChI=1S/C13H13N3S2/c1-9-12(8-18-13-14-6-7-17-13)16-11-5-3-2-4-10(11)15-9/h2-5H,6-8H2,1H3. The van der Waals surface area contributed by atoms with Crippen LogP contribution in [-0.2, 0) is 5.75 Å². The summed E-state index contributed by atoms with van der Waals surface area (Å²) in [5.41, 5.74) is 4.02. The summed E-state index contributed by atoms with van der Waals surface area (Å²) >= 11 is 3.61. The fourth-order valence-corrected chi connectivity index (χ4v) is 3.81. The van der Waals surface area contributed by atoms with Crippen LogP contribution in [0.5, 0.6) is 0 Å². The van der Waals surface area contributed by atoms with Gasteiger partial charge in [-0.2, -0.15) is 0 Å². The number of para-hydroxylation sites is 2. The second kappa shape index (κ2) is 5.28. The normalized spacial score (nSPS) is 15.1. The van der Waals surface area contributed by atoms with Crippen molar-refractivity contribution in [2.75, 3.05) is 12.3 Å². The first kappa shape index (κ1) is 12.0. The maximum absolute atomic E-state index is 4.69. The number of nitrogens with zero attached hydrogens (tertiary/aromatic N) is 3. The summed E-state index contributed by atoms with van der Waals surface area (Å²) in [4.78, 5) is 13.7. The van der Waals surface area contributed by atoms with Gasteiger partial charge in [0.2, 0.25) is 0 Å². The van der Waals surface area contributed by atoms with E-state index in [9.17, 15) is 0 Å². The van der Waals surface area contributed by atoms with Gasteiger partial charge in [-0.1, -0.05) is 35.7 Å². The number of aliphatic imine (C=N–C) groups is 1. The number of fused-ring (bicyclic) bond motifs is 1. The minimum atomic E-state index is 0.857. The van der Waals surface area contributed by atoms with Gasteiger partial charge in [0.05, 0.1) is 29.0 Å². The van der Waals surface area contributed by atoms with Crippen LogP contribution >= 0.6 is 23.5 Å². The molecule has 1 aromatic heterocycles. The van der Waals surface area contributed by atoms with Gasteiger partial charge in [0, 0.05) is 11.5 Å². The topological polar surface area (TPSA) is 38.1 Å². The van der Waals surface area contributed by atoms with E-state index in [1.165, 1.54) is 4.38 Å². The van der Waals surface area contributed by atoms with E-state index < -0.39 is 0 Å². The van der Waals surface area contributed by atoms with Crippen molar-refractivity contribution in [3.63, 3.8) is 0 Å². The first-order valence-electron chi connectivity index (χ1n) is 5.85. The Kier molecular flexibility index (Phi) is 3.52. The molecule has 92 valence electrons. The molecule has 0 saturated carbocycles. The Balaban J connectivity index is 1.84. The molecule has 5 heteroatoms. The molecule has 0 N–H and O–H groups in total. The van der Waals surface area contributed by atoms with Crippen LogP contribution in [0.1, 0.15) is 11.4 Å². The monoisotopic (exact) mass is 275 g/mol. The molecule has 0 radical (unpaired) electrons. The van der Waals surface area contributed by atoms with Gasteiger partial charge < -0.3 is 0 Å². The fraction of sp³-hybridized carbons (Fsp3) is 0.308. The number of benzene rings is 1. The van der Waals surface area contributed by atoms with Gasteiger partial charge in [-0.25, -0.2) is 9.97 Å². The van der Waals surface area contributed by atoms with Crippen molar-refractivity contribution in [3.05, 3.63) is 35.7 Å². The predicted octanol–water partition coefficient (Wildman–Crippen LogP) is 3.27. The summed E-state index contributed by atoms with van der Waals surface area (Å²) in [6.45, 7) is 2.98. The minimum absolute atomic E-state index is 0.857. The third kappa shape index (κ3) is 2.52. The van der Waals surface area contributed by atoms with Gasteiger partial charge in [0.15, 0.2) is 0 Å². The smallest absolute Gasteiger partial charge is 0.125 e.